The molecule has 6 nitrogen and oxygen atoms in total. The zero-order valence-electron chi connectivity index (χ0n) is 12.4. The molecule has 0 radical (unpaired) electrons. The van der Waals surface area contributed by atoms with E-state index < -0.39 is 14.9 Å². The second-order valence-electron chi connectivity index (χ2n) is 5.97. The van der Waals surface area contributed by atoms with E-state index in [0.29, 0.717) is 30.5 Å². The van der Waals surface area contributed by atoms with Gasteiger partial charge in [-0.1, -0.05) is 19.9 Å². The lowest BCUT2D eigenvalue weighted by Gasteiger charge is -2.34. The van der Waals surface area contributed by atoms with Crippen LogP contribution in [-0.2, 0) is 10.0 Å². The first-order chi connectivity index (χ1) is 9.71. The number of nitro benzene ring substituents is 1. The maximum absolute atomic E-state index is 12.7. The Labute approximate surface area is 125 Å². The fourth-order valence-electron chi connectivity index (χ4n) is 2.90. The molecule has 0 bridgehead atoms. The van der Waals surface area contributed by atoms with Gasteiger partial charge in [-0.05, 0) is 31.2 Å². The van der Waals surface area contributed by atoms with Gasteiger partial charge in [0.15, 0.2) is 0 Å². The van der Waals surface area contributed by atoms with E-state index in [2.05, 4.69) is 0 Å². The maximum Gasteiger partial charge on any atom is 0.273 e. The number of sulfonamides is 1. The Balaban J connectivity index is 2.40. The molecule has 0 spiro atoms. The zero-order valence-corrected chi connectivity index (χ0v) is 13.3. The highest BCUT2D eigenvalue weighted by Gasteiger charge is 2.32. The number of hydrogen-bond donors (Lipinski definition) is 0. The normalized spacial score (nSPS) is 24.0. The third kappa shape index (κ3) is 3.24. The molecule has 1 aromatic carbocycles. The van der Waals surface area contributed by atoms with Crippen LogP contribution in [0, 0.1) is 28.9 Å². The quantitative estimate of drug-likeness (QED) is 0.634. The van der Waals surface area contributed by atoms with Gasteiger partial charge in [0.1, 0.15) is 0 Å². The molecule has 1 heterocycles. The Kier molecular flexibility index (Phi) is 4.34. The van der Waals surface area contributed by atoms with E-state index in [0.717, 1.165) is 12.5 Å². The Bertz CT molecular complexity index is 647. The third-order valence-corrected chi connectivity index (χ3v) is 5.68. The molecule has 1 saturated heterocycles. The van der Waals surface area contributed by atoms with Crippen LogP contribution < -0.4 is 0 Å². The van der Waals surface area contributed by atoms with Crippen LogP contribution in [0.4, 0.5) is 5.69 Å². The van der Waals surface area contributed by atoms with Gasteiger partial charge in [0, 0.05) is 24.7 Å². The van der Waals surface area contributed by atoms with Crippen molar-refractivity contribution in [2.45, 2.75) is 32.1 Å². The van der Waals surface area contributed by atoms with Crippen molar-refractivity contribution in [3.8, 4) is 0 Å². The zero-order chi connectivity index (χ0) is 15.8. The Hall–Kier alpha value is -1.47. The van der Waals surface area contributed by atoms with Gasteiger partial charge < -0.3 is 0 Å². The standard InChI is InChI=1S/C14H20N2O4S/c1-10-6-11(2)9-15(8-10)21(19,20)13-5-4-12(3)14(7-13)16(17)18/h4-5,7,10-11H,6,8-9H2,1-3H3/t10-,11-/m1/s1. The van der Waals surface area contributed by atoms with Gasteiger partial charge in [-0.25, -0.2) is 8.42 Å². The van der Waals surface area contributed by atoms with Gasteiger partial charge in [-0.2, -0.15) is 4.31 Å². The van der Waals surface area contributed by atoms with Crippen LogP contribution in [0.1, 0.15) is 25.8 Å². The van der Waals surface area contributed by atoms with Crippen molar-refractivity contribution in [1.29, 1.82) is 0 Å². The van der Waals surface area contributed by atoms with Crippen molar-refractivity contribution in [2.75, 3.05) is 13.1 Å². The number of aryl methyl sites for hydroxylation is 1. The van der Waals surface area contributed by atoms with Gasteiger partial charge >= 0.3 is 0 Å². The molecule has 1 fully saturated rings. The Morgan fingerprint density at radius 2 is 1.81 bits per heavy atom. The monoisotopic (exact) mass is 312 g/mol. The topological polar surface area (TPSA) is 80.5 Å². The first kappa shape index (κ1) is 15.9. The van der Waals surface area contributed by atoms with Crippen molar-refractivity contribution in [3.05, 3.63) is 33.9 Å². The summed E-state index contributed by atoms with van der Waals surface area (Å²) in [5.41, 5.74) is 0.300. The van der Waals surface area contributed by atoms with Crippen LogP contribution in [0.3, 0.4) is 0 Å². The van der Waals surface area contributed by atoms with E-state index in [4.69, 9.17) is 0 Å². The smallest absolute Gasteiger partial charge is 0.258 e. The molecule has 0 saturated carbocycles. The number of rotatable bonds is 3. The predicted octanol–water partition coefficient (Wildman–Crippen LogP) is 2.57. The van der Waals surface area contributed by atoms with E-state index in [1.54, 1.807) is 6.92 Å². The second kappa shape index (κ2) is 5.73. The van der Waals surface area contributed by atoms with E-state index >= 15 is 0 Å². The van der Waals surface area contributed by atoms with Crippen molar-refractivity contribution in [2.24, 2.45) is 11.8 Å². The lowest BCUT2D eigenvalue weighted by Crippen LogP contribution is -2.42. The molecule has 0 unspecified atom stereocenters. The van der Waals surface area contributed by atoms with Crippen LogP contribution in [-0.4, -0.2) is 30.7 Å². The molecule has 2 rings (SSSR count). The highest BCUT2D eigenvalue weighted by molar-refractivity contribution is 7.89. The molecule has 0 aliphatic carbocycles. The molecule has 21 heavy (non-hydrogen) atoms. The molecule has 7 heteroatoms. The molecular weight excluding hydrogens is 292 g/mol. The summed E-state index contributed by atoms with van der Waals surface area (Å²) in [6, 6.07) is 4.10. The van der Waals surface area contributed by atoms with Crippen molar-refractivity contribution >= 4 is 15.7 Å². The maximum atomic E-state index is 12.7. The number of piperidine rings is 1. The minimum absolute atomic E-state index is 0.00102. The molecule has 2 atom stereocenters. The number of benzene rings is 1. The first-order valence-electron chi connectivity index (χ1n) is 6.97. The van der Waals surface area contributed by atoms with Crippen LogP contribution in [0.15, 0.2) is 23.1 Å². The average Bonchev–Trinajstić information content (AvgIpc) is 2.37. The number of nitro groups is 1. The summed E-state index contributed by atoms with van der Waals surface area (Å²) in [6.07, 6.45) is 1.00. The summed E-state index contributed by atoms with van der Waals surface area (Å²) in [5.74, 6) is 0.591. The fourth-order valence-corrected chi connectivity index (χ4v) is 4.60. The van der Waals surface area contributed by atoms with Crippen molar-refractivity contribution < 1.29 is 13.3 Å². The van der Waals surface area contributed by atoms with Crippen molar-refractivity contribution in [3.63, 3.8) is 0 Å². The molecule has 1 aliphatic heterocycles. The Morgan fingerprint density at radius 1 is 1.24 bits per heavy atom. The molecule has 116 valence electrons. The average molecular weight is 312 g/mol. The summed E-state index contributed by atoms with van der Waals surface area (Å²) >= 11 is 0. The summed E-state index contributed by atoms with van der Waals surface area (Å²) < 4.78 is 26.8. The van der Waals surface area contributed by atoms with Gasteiger partial charge in [-0.3, -0.25) is 10.1 Å². The van der Waals surface area contributed by atoms with Gasteiger partial charge in [-0.15, -0.1) is 0 Å². The van der Waals surface area contributed by atoms with Crippen LogP contribution in [0.2, 0.25) is 0 Å². The predicted molar refractivity (Wildman–Crippen MR) is 79.5 cm³/mol. The summed E-state index contributed by atoms with van der Waals surface area (Å²) in [7, 11) is -3.67. The molecular formula is C14H20N2O4S. The van der Waals surface area contributed by atoms with E-state index in [1.807, 2.05) is 13.8 Å². The molecule has 1 aliphatic rings. The van der Waals surface area contributed by atoms with Gasteiger partial charge in [0.05, 0.1) is 9.82 Å². The lowest BCUT2D eigenvalue weighted by molar-refractivity contribution is -0.385. The summed E-state index contributed by atoms with van der Waals surface area (Å²) in [6.45, 7) is 6.58. The summed E-state index contributed by atoms with van der Waals surface area (Å²) in [5, 5.41) is 11.0. The van der Waals surface area contributed by atoms with Crippen LogP contribution in [0.25, 0.3) is 0 Å². The van der Waals surface area contributed by atoms with Crippen LogP contribution >= 0.6 is 0 Å². The molecule has 0 aromatic heterocycles. The molecule has 0 amide bonds. The SMILES string of the molecule is Cc1ccc(S(=O)(=O)N2C[C@H](C)C[C@@H](C)C2)cc1[N+](=O)[O-]. The fraction of sp³-hybridized carbons (Fsp3) is 0.571. The number of hydrogen-bond acceptors (Lipinski definition) is 4. The van der Waals surface area contributed by atoms with E-state index in [9.17, 15) is 18.5 Å². The van der Waals surface area contributed by atoms with Gasteiger partial charge in [0.2, 0.25) is 10.0 Å². The van der Waals surface area contributed by atoms with Crippen molar-refractivity contribution in [1.82, 2.24) is 4.31 Å². The number of nitrogens with zero attached hydrogens (tertiary/aromatic N) is 2. The minimum atomic E-state index is -3.67. The minimum Gasteiger partial charge on any atom is -0.258 e. The third-order valence-electron chi connectivity index (χ3n) is 3.85. The van der Waals surface area contributed by atoms with Gasteiger partial charge in [0.25, 0.3) is 5.69 Å². The lowest BCUT2D eigenvalue weighted by atomic mass is 9.94. The highest BCUT2D eigenvalue weighted by Crippen LogP contribution is 2.29. The Morgan fingerprint density at radius 3 is 2.33 bits per heavy atom. The second-order valence-corrected chi connectivity index (χ2v) is 7.91. The molecule has 1 aromatic rings. The summed E-state index contributed by atoms with van der Waals surface area (Å²) in [4.78, 5) is 10.4. The first-order valence-corrected chi connectivity index (χ1v) is 8.41. The molecule has 0 N–H and O–H groups in total. The van der Waals surface area contributed by atoms with Crippen LogP contribution in [0.5, 0.6) is 0 Å². The van der Waals surface area contributed by atoms with E-state index in [1.165, 1.54) is 16.4 Å². The van der Waals surface area contributed by atoms with E-state index in [-0.39, 0.29) is 10.6 Å². The largest absolute Gasteiger partial charge is 0.273 e. The highest BCUT2D eigenvalue weighted by atomic mass is 32.2.